The number of carbonyl (C=O) groups excluding carboxylic acids is 1. The Morgan fingerprint density at radius 1 is 1.20 bits per heavy atom. The third-order valence-electron chi connectivity index (χ3n) is 5.58. The molecule has 7 nitrogen and oxygen atoms in total. The molecular formula is C24H31F3N4O3Si. The van der Waals surface area contributed by atoms with Crippen molar-refractivity contribution in [3.05, 3.63) is 59.5 Å². The first kappa shape index (κ1) is 26.5. The van der Waals surface area contributed by atoms with E-state index in [0.717, 1.165) is 24.0 Å². The summed E-state index contributed by atoms with van der Waals surface area (Å²) in [4.78, 5) is 12.6. The molecule has 2 aromatic heterocycles. The van der Waals surface area contributed by atoms with Gasteiger partial charge in [0.05, 0.1) is 11.9 Å². The van der Waals surface area contributed by atoms with E-state index in [4.69, 9.17) is 15.2 Å². The molecule has 1 atom stereocenters. The van der Waals surface area contributed by atoms with Crippen molar-refractivity contribution in [3.8, 4) is 17.0 Å². The number of nitrogens with zero attached hydrogens (tertiary/aromatic N) is 3. The summed E-state index contributed by atoms with van der Waals surface area (Å²) in [6.07, 6.45) is -3.15. The maximum Gasteiger partial charge on any atom is 0.504 e. The van der Waals surface area contributed by atoms with E-state index in [1.165, 1.54) is 4.57 Å². The van der Waals surface area contributed by atoms with Crippen LogP contribution in [-0.4, -0.2) is 34.9 Å². The number of ether oxygens (including phenoxy) is 2. The lowest BCUT2D eigenvalue weighted by molar-refractivity contribution is -0.212. The Labute approximate surface area is 203 Å². The number of aromatic nitrogens is 3. The first-order valence-corrected chi connectivity index (χ1v) is 14.9. The van der Waals surface area contributed by atoms with Crippen LogP contribution >= 0.6 is 0 Å². The Hall–Kier alpha value is -3.05. The Morgan fingerprint density at radius 3 is 2.40 bits per heavy atom. The molecule has 35 heavy (non-hydrogen) atoms. The van der Waals surface area contributed by atoms with Gasteiger partial charge in [0.2, 0.25) is 0 Å². The standard InChI is InChI=1S/C24H31F3N4O3Si/c1-16-20(19-13-29-31(14-19)24(25,26)27)30(15-33-11-12-35(3,4)5)21(23(28)32)22(16)34-17(2)18-9-7-6-8-10-18/h6-10,13-14,17H,11-12,15H2,1-5H3,(H2,28,32). The second-order valence-electron chi connectivity index (χ2n) is 9.60. The highest BCUT2D eigenvalue weighted by Gasteiger charge is 2.34. The molecule has 0 saturated carbocycles. The molecule has 0 radical (unpaired) electrons. The molecule has 0 fully saturated rings. The Morgan fingerprint density at radius 2 is 1.86 bits per heavy atom. The molecule has 190 valence electrons. The van der Waals surface area contributed by atoms with Gasteiger partial charge in [0.1, 0.15) is 12.8 Å². The predicted molar refractivity (Wildman–Crippen MR) is 130 cm³/mol. The van der Waals surface area contributed by atoms with E-state index >= 15 is 0 Å². The van der Waals surface area contributed by atoms with Gasteiger partial charge in [0.15, 0.2) is 11.4 Å². The minimum Gasteiger partial charge on any atom is -0.483 e. The van der Waals surface area contributed by atoms with Crippen molar-refractivity contribution >= 4 is 14.0 Å². The van der Waals surface area contributed by atoms with E-state index in [-0.39, 0.29) is 28.4 Å². The quantitative estimate of drug-likeness (QED) is 0.282. The number of hydrogen-bond acceptors (Lipinski definition) is 4. The summed E-state index contributed by atoms with van der Waals surface area (Å²) in [6, 6.07) is 10.3. The van der Waals surface area contributed by atoms with Crippen LogP contribution in [0.5, 0.6) is 5.75 Å². The van der Waals surface area contributed by atoms with Gasteiger partial charge in [-0.2, -0.15) is 9.78 Å². The van der Waals surface area contributed by atoms with Crippen molar-refractivity contribution in [1.29, 1.82) is 0 Å². The van der Waals surface area contributed by atoms with E-state index in [1.807, 2.05) is 37.3 Å². The van der Waals surface area contributed by atoms with Crippen LogP contribution in [0.1, 0.15) is 34.6 Å². The van der Waals surface area contributed by atoms with Gasteiger partial charge in [-0.3, -0.25) is 4.79 Å². The van der Waals surface area contributed by atoms with Crippen LogP contribution in [-0.2, 0) is 17.8 Å². The molecule has 3 rings (SSSR count). The number of benzene rings is 1. The molecule has 2 N–H and O–H groups in total. The lowest BCUT2D eigenvalue weighted by atomic mass is 10.1. The molecule has 0 spiro atoms. The maximum atomic E-state index is 13.2. The number of rotatable bonds is 10. The monoisotopic (exact) mass is 508 g/mol. The fourth-order valence-corrected chi connectivity index (χ4v) is 4.46. The van der Waals surface area contributed by atoms with Crippen LogP contribution in [0.25, 0.3) is 11.3 Å². The Kier molecular flexibility index (Phi) is 7.80. The zero-order chi connectivity index (χ0) is 26.0. The molecule has 0 saturated heterocycles. The van der Waals surface area contributed by atoms with E-state index in [2.05, 4.69) is 24.7 Å². The Balaban J connectivity index is 2.08. The summed E-state index contributed by atoms with van der Waals surface area (Å²) in [6.45, 7) is 10.5. The Bertz CT molecular complexity index is 1170. The molecule has 1 unspecified atom stereocenters. The smallest absolute Gasteiger partial charge is 0.483 e. The van der Waals surface area contributed by atoms with Gasteiger partial charge < -0.3 is 19.8 Å². The van der Waals surface area contributed by atoms with Crippen LogP contribution in [0.4, 0.5) is 13.2 Å². The number of nitrogens with two attached hydrogens (primary N) is 1. The van der Waals surface area contributed by atoms with Crippen LogP contribution in [0.2, 0.25) is 25.7 Å². The summed E-state index contributed by atoms with van der Waals surface area (Å²) in [5.74, 6) is -0.566. The molecule has 0 aliphatic rings. The van der Waals surface area contributed by atoms with Gasteiger partial charge in [0, 0.05) is 32.0 Å². The number of alkyl halides is 3. The fraction of sp³-hybridized carbons (Fsp3) is 0.417. The molecule has 2 heterocycles. The predicted octanol–water partition coefficient (Wildman–Crippen LogP) is 5.69. The zero-order valence-corrected chi connectivity index (χ0v) is 21.5. The fourth-order valence-electron chi connectivity index (χ4n) is 3.70. The minimum atomic E-state index is -4.68. The SMILES string of the molecule is Cc1c(OC(C)c2ccccc2)c(C(N)=O)n(COCC[Si](C)(C)C)c1-c1cnn(C(F)(F)F)c1. The summed E-state index contributed by atoms with van der Waals surface area (Å²) in [5.41, 5.74) is 7.62. The lowest BCUT2D eigenvalue weighted by Gasteiger charge is -2.18. The normalized spacial score (nSPS) is 13.1. The number of hydrogen-bond donors (Lipinski definition) is 1. The molecule has 0 aliphatic heterocycles. The second kappa shape index (κ2) is 10.3. The number of amides is 1. The van der Waals surface area contributed by atoms with Crippen molar-refractivity contribution in [2.45, 2.75) is 58.7 Å². The molecule has 0 aliphatic carbocycles. The van der Waals surface area contributed by atoms with Crippen molar-refractivity contribution in [3.63, 3.8) is 0 Å². The summed E-state index contributed by atoms with van der Waals surface area (Å²) in [7, 11) is -1.38. The first-order valence-electron chi connectivity index (χ1n) is 11.2. The van der Waals surface area contributed by atoms with Crippen LogP contribution < -0.4 is 10.5 Å². The van der Waals surface area contributed by atoms with Gasteiger partial charge in [-0.25, -0.2) is 0 Å². The van der Waals surface area contributed by atoms with E-state index in [9.17, 15) is 18.0 Å². The third-order valence-corrected chi connectivity index (χ3v) is 7.28. The van der Waals surface area contributed by atoms with Crippen molar-refractivity contribution < 1.29 is 27.4 Å². The molecule has 3 aromatic rings. The van der Waals surface area contributed by atoms with Gasteiger partial charge in [0.25, 0.3) is 5.91 Å². The van der Waals surface area contributed by atoms with Gasteiger partial charge in [-0.1, -0.05) is 50.0 Å². The topological polar surface area (TPSA) is 84.3 Å². The molecule has 1 amide bonds. The lowest BCUT2D eigenvalue weighted by Crippen LogP contribution is -2.23. The molecule has 0 bridgehead atoms. The zero-order valence-electron chi connectivity index (χ0n) is 20.5. The second-order valence-corrected chi connectivity index (χ2v) is 15.2. The first-order chi connectivity index (χ1) is 16.3. The third kappa shape index (κ3) is 6.34. The highest BCUT2D eigenvalue weighted by Crippen LogP contribution is 2.39. The minimum absolute atomic E-state index is 0.0352. The van der Waals surface area contributed by atoms with Gasteiger partial charge in [-0.15, -0.1) is 13.2 Å². The average molecular weight is 509 g/mol. The van der Waals surface area contributed by atoms with Gasteiger partial charge in [-0.05, 0) is 25.5 Å². The summed E-state index contributed by atoms with van der Waals surface area (Å²) < 4.78 is 53.1. The summed E-state index contributed by atoms with van der Waals surface area (Å²) in [5, 5.41) is 3.45. The number of carbonyl (C=O) groups is 1. The van der Waals surface area contributed by atoms with Crippen LogP contribution in [0, 0.1) is 6.92 Å². The number of halogens is 3. The average Bonchev–Trinajstić information content (AvgIpc) is 3.34. The van der Waals surface area contributed by atoms with E-state index in [0.29, 0.717) is 17.9 Å². The van der Waals surface area contributed by atoms with Crippen molar-refractivity contribution in [2.75, 3.05) is 6.61 Å². The van der Waals surface area contributed by atoms with Crippen LogP contribution in [0.15, 0.2) is 42.7 Å². The summed E-state index contributed by atoms with van der Waals surface area (Å²) >= 11 is 0. The van der Waals surface area contributed by atoms with Crippen LogP contribution in [0.3, 0.4) is 0 Å². The van der Waals surface area contributed by atoms with Crippen molar-refractivity contribution in [1.82, 2.24) is 14.3 Å². The molecule has 1 aromatic carbocycles. The van der Waals surface area contributed by atoms with Gasteiger partial charge >= 0.3 is 6.30 Å². The molecular weight excluding hydrogens is 477 g/mol. The van der Waals surface area contributed by atoms with Crippen molar-refractivity contribution in [2.24, 2.45) is 5.73 Å². The molecule has 11 heteroatoms. The van der Waals surface area contributed by atoms with E-state index in [1.54, 1.807) is 6.92 Å². The van der Waals surface area contributed by atoms with E-state index < -0.39 is 26.4 Å². The highest BCUT2D eigenvalue weighted by atomic mass is 28.3. The highest BCUT2D eigenvalue weighted by molar-refractivity contribution is 6.76. The largest absolute Gasteiger partial charge is 0.504 e. The maximum absolute atomic E-state index is 13.2. The number of primary amides is 1.